The van der Waals surface area contributed by atoms with Gasteiger partial charge < -0.3 is 4.90 Å². The fraction of sp³-hybridized carbons (Fsp3) is 0.478. The van der Waals surface area contributed by atoms with Crippen LogP contribution in [0, 0.1) is 5.92 Å². The number of rotatable bonds is 8. The van der Waals surface area contributed by atoms with Gasteiger partial charge in [-0.1, -0.05) is 49.6 Å². The molecule has 0 aromatic carbocycles. The van der Waals surface area contributed by atoms with Crippen molar-refractivity contribution in [3.63, 3.8) is 0 Å². The highest BCUT2D eigenvalue weighted by molar-refractivity contribution is 5.40. The van der Waals surface area contributed by atoms with Crippen molar-refractivity contribution in [2.75, 3.05) is 26.2 Å². The van der Waals surface area contributed by atoms with E-state index in [0.29, 0.717) is 6.04 Å². The molecule has 0 amide bonds. The maximum absolute atomic E-state index is 4.06. The van der Waals surface area contributed by atoms with Crippen LogP contribution >= 0.6 is 0 Å². The van der Waals surface area contributed by atoms with E-state index in [1.165, 1.54) is 25.8 Å². The first-order valence-electron chi connectivity index (χ1n) is 9.62. The van der Waals surface area contributed by atoms with Gasteiger partial charge in [-0.2, -0.15) is 0 Å². The van der Waals surface area contributed by atoms with Gasteiger partial charge >= 0.3 is 0 Å². The van der Waals surface area contributed by atoms with Gasteiger partial charge in [-0.15, -0.1) is 0 Å². The normalized spacial score (nSPS) is 25.5. The molecule has 1 aliphatic carbocycles. The third-order valence-corrected chi connectivity index (χ3v) is 6.06. The van der Waals surface area contributed by atoms with Gasteiger partial charge in [0, 0.05) is 19.6 Å². The van der Waals surface area contributed by atoms with Gasteiger partial charge in [0.2, 0.25) is 0 Å². The van der Waals surface area contributed by atoms with Gasteiger partial charge in [0.25, 0.3) is 0 Å². The minimum atomic E-state index is 0.590. The minimum Gasteiger partial charge on any atom is -0.370 e. The Balaban J connectivity index is 1.65. The highest BCUT2D eigenvalue weighted by atomic mass is 15.2. The number of nitrogens with zero attached hydrogens (tertiary/aromatic N) is 2. The van der Waals surface area contributed by atoms with Crippen LogP contribution in [0.5, 0.6) is 0 Å². The molecule has 2 unspecified atom stereocenters. The fourth-order valence-corrected chi connectivity index (χ4v) is 4.38. The molecule has 2 aliphatic heterocycles. The van der Waals surface area contributed by atoms with Crippen LogP contribution in [0.25, 0.3) is 0 Å². The first-order chi connectivity index (χ1) is 12.1. The lowest BCUT2D eigenvalue weighted by Crippen LogP contribution is -2.41. The molecule has 0 bridgehead atoms. The quantitative estimate of drug-likeness (QED) is 0.584. The zero-order valence-electron chi connectivity index (χ0n) is 15.6. The first-order valence-corrected chi connectivity index (χ1v) is 9.62. The van der Waals surface area contributed by atoms with Gasteiger partial charge in [0.15, 0.2) is 0 Å². The third kappa shape index (κ3) is 4.07. The van der Waals surface area contributed by atoms with Crippen molar-refractivity contribution < 1.29 is 0 Å². The van der Waals surface area contributed by atoms with Crippen LogP contribution < -0.4 is 0 Å². The molecule has 0 spiro atoms. The van der Waals surface area contributed by atoms with Gasteiger partial charge in [0.05, 0.1) is 6.04 Å². The van der Waals surface area contributed by atoms with E-state index in [0.717, 1.165) is 49.5 Å². The van der Waals surface area contributed by atoms with E-state index in [1.807, 2.05) is 12.2 Å². The zero-order valence-corrected chi connectivity index (χ0v) is 15.6. The lowest BCUT2D eigenvalue weighted by molar-refractivity contribution is 0.204. The van der Waals surface area contributed by atoms with Crippen molar-refractivity contribution in [2.45, 2.75) is 38.1 Å². The molecule has 0 aromatic heterocycles. The van der Waals surface area contributed by atoms with E-state index in [-0.39, 0.29) is 0 Å². The summed E-state index contributed by atoms with van der Waals surface area (Å²) < 4.78 is 0. The summed E-state index contributed by atoms with van der Waals surface area (Å²) in [4.78, 5) is 5.12. The molecule has 2 atom stereocenters. The topological polar surface area (TPSA) is 6.48 Å². The molecular formula is C23H32N2. The SMILES string of the molecule is C=CC(=C)CCN1CCC2CCC3C(=C2C1)C=CN3CCC(=C)C=C. The highest BCUT2D eigenvalue weighted by Crippen LogP contribution is 2.41. The van der Waals surface area contributed by atoms with Crippen LogP contribution in [0.2, 0.25) is 0 Å². The molecule has 0 saturated carbocycles. The monoisotopic (exact) mass is 336 g/mol. The molecule has 25 heavy (non-hydrogen) atoms. The van der Waals surface area contributed by atoms with E-state index >= 15 is 0 Å². The van der Waals surface area contributed by atoms with Crippen LogP contribution in [-0.4, -0.2) is 42.0 Å². The van der Waals surface area contributed by atoms with E-state index in [1.54, 1.807) is 11.1 Å². The number of allylic oxidation sites excluding steroid dienone is 2. The summed E-state index contributed by atoms with van der Waals surface area (Å²) in [6.07, 6.45) is 14.5. The third-order valence-electron chi connectivity index (χ3n) is 6.06. The van der Waals surface area contributed by atoms with Crippen molar-refractivity contribution in [1.82, 2.24) is 9.80 Å². The zero-order chi connectivity index (χ0) is 17.8. The molecule has 2 nitrogen and oxygen atoms in total. The largest absolute Gasteiger partial charge is 0.370 e. The summed E-state index contributed by atoms with van der Waals surface area (Å²) in [5.41, 5.74) is 5.59. The second-order valence-electron chi connectivity index (χ2n) is 7.61. The maximum Gasteiger partial charge on any atom is 0.0538 e. The summed E-state index contributed by atoms with van der Waals surface area (Å²) in [6.45, 7) is 20.3. The Kier molecular flexibility index (Phi) is 5.80. The molecular weight excluding hydrogens is 304 g/mol. The summed E-state index contributed by atoms with van der Waals surface area (Å²) in [6, 6.07) is 0.590. The van der Waals surface area contributed by atoms with Crippen molar-refractivity contribution in [2.24, 2.45) is 5.92 Å². The number of piperidine rings is 1. The molecule has 2 heteroatoms. The van der Waals surface area contributed by atoms with E-state index in [9.17, 15) is 0 Å². The van der Waals surface area contributed by atoms with Crippen LogP contribution in [0.15, 0.2) is 73.0 Å². The number of likely N-dealkylation sites (tertiary alicyclic amines) is 1. The Morgan fingerprint density at radius 1 is 1.04 bits per heavy atom. The first kappa shape index (κ1) is 18.0. The summed E-state index contributed by atoms with van der Waals surface area (Å²) >= 11 is 0. The standard InChI is InChI=1S/C23H32N2/c1-5-18(3)9-13-24-14-11-20-7-8-23-21(22(20)17-24)12-16-25(23)15-10-19(4)6-2/h5-6,12,16,20,23H,1-4,7-11,13-15,17H2. The van der Waals surface area contributed by atoms with Crippen LogP contribution in [0.1, 0.15) is 32.1 Å². The molecule has 0 aromatic rings. The molecule has 1 saturated heterocycles. The van der Waals surface area contributed by atoms with Gasteiger partial charge in [-0.3, -0.25) is 4.90 Å². The molecule has 134 valence electrons. The van der Waals surface area contributed by atoms with E-state index in [4.69, 9.17) is 0 Å². The summed E-state index contributed by atoms with van der Waals surface area (Å²) in [7, 11) is 0. The van der Waals surface area contributed by atoms with Crippen molar-refractivity contribution >= 4 is 0 Å². The van der Waals surface area contributed by atoms with Crippen LogP contribution in [-0.2, 0) is 0 Å². The average Bonchev–Trinajstić information content (AvgIpc) is 3.07. The van der Waals surface area contributed by atoms with E-state index < -0.39 is 0 Å². The molecule has 1 fully saturated rings. The summed E-state index contributed by atoms with van der Waals surface area (Å²) in [5, 5.41) is 0. The van der Waals surface area contributed by atoms with Crippen LogP contribution in [0.4, 0.5) is 0 Å². The second kappa shape index (κ2) is 8.05. The molecule has 3 aliphatic rings. The van der Waals surface area contributed by atoms with Gasteiger partial charge in [-0.05, 0) is 68.0 Å². The van der Waals surface area contributed by atoms with Crippen molar-refractivity contribution in [3.05, 3.63) is 73.0 Å². The van der Waals surface area contributed by atoms with Crippen molar-refractivity contribution in [1.29, 1.82) is 0 Å². The number of fused-ring (bicyclic) bond motifs is 2. The Labute approximate surface area is 153 Å². The smallest absolute Gasteiger partial charge is 0.0538 e. The molecule has 2 heterocycles. The Hall–Kier alpha value is -1.80. The van der Waals surface area contributed by atoms with Crippen molar-refractivity contribution in [3.8, 4) is 0 Å². The predicted octanol–water partition coefficient (Wildman–Crippen LogP) is 4.86. The van der Waals surface area contributed by atoms with Crippen LogP contribution in [0.3, 0.4) is 0 Å². The van der Waals surface area contributed by atoms with Gasteiger partial charge in [-0.25, -0.2) is 0 Å². The Morgan fingerprint density at radius 2 is 1.76 bits per heavy atom. The molecule has 3 rings (SSSR count). The Bertz CT molecular complexity index is 622. The minimum absolute atomic E-state index is 0.590. The number of hydrogen-bond donors (Lipinski definition) is 0. The molecule has 0 N–H and O–H groups in total. The Morgan fingerprint density at radius 3 is 2.48 bits per heavy atom. The molecule has 0 radical (unpaired) electrons. The van der Waals surface area contributed by atoms with Gasteiger partial charge in [0.1, 0.15) is 0 Å². The van der Waals surface area contributed by atoms with E-state index in [2.05, 4.69) is 48.4 Å². The number of hydrogen-bond acceptors (Lipinski definition) is 2. The maximum atomic E-state index is 4.06. The second-order valence-corrected chi connectivity index (χ2v) is 7.61. The lowest BCUT2D eigenvalue weighted by atomic mass is 9.76. The highest BCUT2D eigenvalue weighted by Gasteiger charge is 2.36. The average molecular weight is 337 g/mol. The predicted molar refractivity (Wildman–Crippen MR) is 108 cm³/mol. The summed E-state index contributed by atoms with van der Waals surface area (Å²) in [5.74, 6) is 0.804. The fourth-order valence-electron chi connectivity index (χ4n) is 4.38. The lowest BCUT2D eigenvalue weighted by Gasteiger charge is -2.41.